The van der Waals surface area contributed by atoms with Crippen LogP contribution in [0, 0.1) is 0 Å². The van der Waals surface area contributed by atoms with E-state index in [1.165, 1.54) is 44.3 Å². The zero-order chi connectivity index (χ0) is 15.2. The van der Waals surface area contributed by atoms with E-state index in [0.717, 1.165) is 0 Å². The summed E-state index contributed by atoms with van der Waals surface area (Å²) in [5.74, 6) is 0. The fourth-order valence-corrected chi connectivity index (χ4v) is 2.94. The molecule has 1 aromatic rings. The predicted octanol–water partition coefficient (Wildman–Crippen LogP) is 0.828. The Morgan fingerprint density at radius 1 is 1.29 bits per heavy atom. The predicted molar refractivity (Wildman–Crippen MR) is 83.8 cm³/mol. The first-order valence-corrected chi connectivity index (χ1v) is 7.55. The third kappa shape index (κ3) is 4.11. The molecule has 1 atom stereocenters. The van der Waals surface area contributed by atoms with Gasteiger partial charge >= 0.3 is 6.09 Å². The van der Waals surface area contributed by atoms with Crippen LogP contribution in [-0.2, 0) is 4.74 Å². The number of quaternary nitrogens is 1. The van der Waals surface area contributed by atoms with E-state index < -0.39 is 0 Å². The second-order valence-electron chi connectivity index (χ2n) is 5.78. The normalized spacial score (nSPS) is 16.5. The van der Waals surface area contributed by atoms with Crippen molar-refractivity contribution in [2.75, 3.05) is 45.7 Å². The summed E-state index contributed by atoms with van der Waals surface area (Å²) in [4.78, 5) is 15.0. The molecule has 0 radical (unpaired) electrons. The van der Waals surface area contributed by atoms with Crippen molar-refractivity contribution in [1.82, 2.24) is 5.32 Å². The lowest BCUT2D eigenvalue weighted by atomic mass is 10.0. The molecule has 1 aromatic carbocycles. The summed E-state index contributed by atoms with van der Waals surface area (Å²) in [5, 5.41) is 2.85. The van der Waals surface area contributed by atoms with E-state index >= 15 is 0 Å². The summed E-state index contributed by atoms with van der Waals surface area (Å²) in [6.07, 6.45) is 2.17. The van der Waals surface area contributed by atoms with Gasteiger partial charge in [0.1, 0.15) is 6.04 Å². The molecule has 0 saturated carbocycles. The number of alkyl carbamates (subject to hydrolysis) is 1. The molecular weight excluding hydrogens is 266 g/mol. The minimum Gasteiger partial charge on any atom is -0.453 e. The van der Waals surface area contributed by atoms with E-state index in [9.17, 15) is 4.79 Å². The molecule has 5 nitrogen and oxygen atoms in total. The summed E-state index contributed by atoms with van der Waals surface area (Å²) in [7, 11) is 5.48. The van der Waals surface area contributed by atoms with Crippen molar-refractivity contribution in [2.45, 2.75) is 18.9 Å². The van der Waals surface area contributed by atoms with Gasteiger partial charge in [0.2, 0.25) is 0 Å². The van der Waals surface area contributed by atoms with Crippen molar-refractivity contribution in [3.63, 3.8) is 0 Å². The number of anilines is 1. The van der Waals surface area contributed by atoms with Crippen LogP contribution in [0.25, 0.3) is 0 Å². The number of nitrogens with zero attached hydrogens (tertiary/aromatic N) is 1. The highest BCUT2D eigenvalue weighted by Gasteiger charge is 2.27. The van der Waals surface area contributed by atoms with Gasteiger partial charge in [0.15, 0.2) is 0 Å². The average Bonchev–Trinajstić information content (AvgIpc) is 3.01. The van der Waals surface area contributed by atoms with E-state index in [1.54, 1.807) is 4.90 Å². The minimum atomic E-state index is -0.358. The van der Waals surface area contributed by atoms with Crippen LogP contribution in [0.5, 0.6) is 0 Å². The average molecular weight is 292 g/mol. The quantitative estimate of drug-likeness (QED) is 0.845. The highest BCUT2D eigenvalue weighted by Crippen LogP contribution is 2.17. The van der Waals surface area contributed by atoms with Crippen LogP contribution in [0.3, 0.4) is 0 Å². The van der Waals surface area contributed by atoms with Crippen LogP contribution in [0.2, 0.25) is 0 Å². The summed E-state index contributed by atoms with van der Waals surface area (Å²) in [6.45, 7) is 2.95. The summed E-state index contributed by atoms with van der Waals surface area (Å²) in [5.41, 5.74) is 2.46. The second-order valence-corrected chi connectivity index (χ2v) is 5.78. The van der Waals surface area contributed by atoms with Crippen LogP contribution < -0.4 is 15.1 Å². The number of carbonyl (C=O) groups excluding carboxylic acids is 1. The van der Waals surface area contributed by atoms with Crippen LogP contribution in [0.4, 0.5) is 10.5 Å². The molecule has 5 heteroatoms. The molecular formula is C16H26N3O2+. The van der Waals surface area contributed by atoms with Crippen molar-refractivity contribution in [2.24, 2.45) is 0 Å². The SMILES string of the molecule is COC(=O)NC[C@@H](c1ccc(N(C)C)cc1)[NH+]1CCCC1. The number of nitrogens with one attached hydrogen (secondary N) is 2. The van der Waals surface area contributed by atoms with Crippen molar-refractivity contribution in [3.05, 3.63) is 29.8 Å². The maximum Gasteiger partial charge on any atom is 0.407 e. The molecule has 1 heterocycles. The third-order valence-corrected chi connectivity index (χ3v) is 4.19. The number of benzene rings is 1. The van der Waals surface area contributed by atoms with Crippen molar-refractivity contribution in [3.8, 4) is 0 Å². The molecule has 2 N–H and O–H groups in total. The van der Waals surface area contributed by atoms with Gasteiger partial charge in [0.05, 0.1) is 26.7 Å². The minimum absolute atomic E-state index is 0.294. The smallest absolute Gasteiger partial charge is 0.407 e. The Bertz CT molecular complexity index is 453. The number of amides is 1. The van der Waals surface area contributed by atoms with E-state index in [1.807, 2.05) is 14.1 Å². The Labute approximate surface area is 126 Å². The van der Waals surface area contributed by atoms with Gasteiger partial charge in [0, 0.05) is 38.2 Å². The molecule has 0 unspecified atom stereocenters. The third-order valence-electron chi connectivity index (χ3n) is 4.19. The number of hydrogen-bond donors (Lipinski definition) is 2. The van der Waals surface area contributed by atoms with Crippen LogP contribution in [0.15, 0.2) is 24.3 Å². The fourth-order valence-electron chi connectivity index (χ4n) is 2.94. The van der Waals surface area contributed by atoms with Gasteiger partial charge in [0.25, 0.3) is 0 Å². The van der Waals surface area contributed by atoms with E-state index in [2.05, 4.69) is 39.2 Å². The number of rotatable bonds is 5. The van der Waals surface area contributed by atoms with Crippen LogP contribution >= 0.6 is 0 Å². The van der Waals surface area contributed by atoms with Gasteiger partial charge in [-0.2, -0.15) is 0 Å². The lowest BCUT2D eigenvalue weighted by Crippen LogP contribution is -3.11. The molecule has 1 saturated heterocycles. The summed E-state index contributed by atoms with van der Waals surface area (Å²) >= 11 is 0. The monoisotopic (exact) mass is 292 g/mol. The molecule has 116 valence electrons. The van der Waals surface area contributed by atoms with Crippen LogP contribution in [0.1, 0.15) is 24.4 Å². The Kier molecular flexibility index (Phi) is 5.44. The molecule has 0 bridgehead atoms. The largest absolute Gasteiger partial charge is 0.453 e. The first kappa shape index (κ1) is 15.6. The number of hydrogen-bond acceptors (Lipinski definition) is 3. The molecule has 1 fully saturated rings. The molecule has 1 aliphatic rings. The fraction of sp³-hybridized carbons (Fsp3) is 0.562. The topological polar surface area (TPSA) is 46.0 Å². The lowest BCUT2D eigenvalue weighted by Gasteiger charge is -2.25. The first-order chi connectivity index (χ1) is 10.1. The van der Waals surface area contributed by atoms with Gasteiger partial charge in [-0.1, -0.05) is 12.1 Å². The maximum atomic E-state index is 11.4. The molecule has 0 spiro atoms. The Hall–Kier alpha value is -1.75. The number of ether oxygens (including phenoxy) is 1. The zero-order valence-corrected chi connectivity index (χ0v) is 13.2. The van der Waals surface area contributed by atoms with Gasteiger partial charge < -0.3 is 19.9 Å². The summed E-state index contributed by atoms with van der Waals surface area (Å²) in [6, 6.07) is 8.91. The van der Waals surface area contributed by atoms with Gasteiger partial charge in [-0.05, 0) is 12.1 Å². The van der Waals surface area contributed by atoms with E-state index in [0.29, 0.717) is 12.6 Å². The zero-order valence-electron chi connectivity index (χ0n) is 13.2. The highest BCUT2D eigenvalue weighted by atomic mass is 16.5. The second kappa shape index (κ2) is 7.31. The van der Waals surface area contributed by atoms with Crippen LogP contribution in [-0.4, -0.2) is 46.9 Å². The molecule has 0 aromatic heterocycles. The molecule has 1 amide bonds. The molecule has 1 aliphatic heterocycles. The van der Waals surface area contributed by atoms with Crippen molar-refractivity contribution in [1.29, 1.82) is 0 Å². The molecule has 0 aliphatic carbocycles. The Balaban J connectivity index is 2.11. The van der Waals surface area contributed by atoms with Gasteiger partial charge in [-0.25, -0.2) is 4.79 Å². The Morgan fingerprint density at radius 2 is 1.90 bits per heavy atom. The lowest BCUT2D eigenvalue weighted by molar-refractivity contribution is -0.918. The van der Waals surface area contributed by atoms with Crippen molar-refractivity contribution >= 4 is 11.8 Å². The van der Waals surface area contributed by atoms with Gasteiger partial charge in [-0.3, -0.25) is 0 Å². The van der Waals surface area contributed by atoms with E-state index in [-0.39, 0.29) is 6.09 Å². The van der Waals surface area contributed by atoms with E-state index in [4.69, 9.17) is 0 Å². The summed E-state index contributed by atoms with van der Waals surface area (Å²) < 4.78 is 4.68. The maximum absolute atomic E-state index is 11.4. The molecule has 21 heavy (non-hydrogen) atoms. The van der Waals surface area contributed by atoms with Gasteiger partial charge in [-0.15, -0.1) is 0 Å². The first-order valence-electron chi connectivity index (χ1n) is 7.55. The molecule has 2 rings (SSSR count). The Morgan fingerprint density at radius 3 is 2.43 bits per heavy atom. The number of carbonyl (C=O) groups is 1. The highest BCUT2D eigenvalue weighted by molar-refractivity contribution is 5.66. The standard InChI is InChI=1S/C16H25N3O2/c1-18(2)14-8-6-13(7-9-14)15(12-17-16(20)21-3)19-10-4-5-11-19/h6-9,15H,4-5,10-12H2,1-3H3,(H,17,20)/p+1/t15-/m0/s1. The number of likely N-dealkylation sites (tertiary alicyclic amines) is 1. The number of methoxy groups -OCH3 is 1. The van der Waals surface area contributed by atoms with Crippen molar-refractivity contribution < 1.29 is 14.4 Å².